The van der Waals surface area contributed by atoms with Crippen LogP contribution in [-0.4, -0.2) is 18.8 Å². The Hall–Kier alpha value is -1.35. The second-order valence-corrected chi connectivity index (χ2v) is 4.27. The van der Waals surface area contributed by atoms with Gasteiger partial charge in [0.25, 0.3) is 0 Å². The Labute approximate surface area is 96.9 Å². The fraction of sp³-hybridized carbons (Fsp3) is 0.462. The van der Waals surface area contributed by atoms with Crippen LogP contribution < -0.4 is 10.7 Å². The summed E-state index contributed by atoms with van der Waals surface area (Å²) in [6.07, 6.45) is 3.18. The lowest BCUT2D eigenvalue weighted by Crippen LogP contribution is -2.12. The third-order valence-corrected chi connectivity index (χ3v) is 2.86. The van der Waals surface area contributed by atoms with Crippen LogP contribution in [-0.2, 0) is 6.42 Å². The molecule has 0 aliphatic carbocycles. The van der Waals surface area contributed by atoms with Gasteiger partial charge >= 0.3 is 0 Å². The first-order chi connectivity index (χ1) is 7.79. The van der Waals surface area contributed by atoms with E-state index < -0.39 is 0 Å². The van der Waals surface area contributed by atoms with Crippen molar-refractivity contribution in [3.8, 4) is 0 Å². The molecule has 0 atom stereocenters. The molecule has 1 aromatic carbocycles. The first-order valence-electron chi connectivity index (χ1n) is 5.90. The minimum atomic E-state index is 0.755. The van der Waals surface area contributed by atoms with E-state index in [2.05, 4.69) is 41.3 Å². The van der Waals surface area contributed by atoms with Crippen molar-refractivity contribution in [2.75, 3.05) is 18.1 Å². The summed E-state index contributed by atoms with van der Waals surface area (Å²) >= 11 is 0. The van der Waals surface area contributed by atoms with Gasteiger partial charge in [0.05, 0.1) is 5.69 Å². The minimum absolute atomic E-state index is 0.755. The van der Waals surface area contributed by atoms with Crippen LogP contribution in [0.2, 0.25) is 0 Å². The Morgan fingerprint density at radius 1 is 1.44 bits per heavy atom. The zero-order chi connectivity index (χ0) is 11.4. The predicted octanol–water partition coefficient (Wildman–Crippen LogP) is 2.16. The Balaban J connectivity index is 2.10. The van der Waals surface area contributed by atoms with Gasteiger partial charge in [-0.15, -0.1) is 0 Å². The molecule has 0 saturated carbocycles. The van der Waals surface area contributed by atoms with E-state index in [1.807, 2.05) is 0 Å². The first-order valence-corrected chi connectivity index (χ1v) is 5.90. The van der Waals surface area contributed by atoms with Crippen LogP contribution in [0, 0.1) is 0 Å². The van der Waals surface area contributed by atoms with Crippen LogP contribution in [0.5, 0.6) is 0 Å². The maximum atomic E-state index is 5.52. The molecule has 0 saturated heterocycles. The lowest BCUT2D eigenvalue weighted by atomic mass is 10.1. The van der Waals surface area contributed by atoms with Gasteiger partial charge in [0.2, 0.25) is 0 Å². The maximum absolute atomic E-state index is 5.52. The Morgan fingerprint density at radius 2 is 2.31 bits per heavy atom. The molecular formula is C13H19N3. The molecule has 86 valence electrons. The Bertz CT molecular complexity index is 385. The van der Waals surface area contributed by atoms with Gasteiger partial charge in [0.15, 0.2) is 0 Å². The molecule has 0 unspecified atom stereocenters. The zero-order valence-electron chi connectivity index (χ0n) is 9.82. The Kier molecular flexibility index (Phi) is 3.57. The number of hydrogen-bond acceptors (Lipinski definition) is 3. The molecule has 0 fully saturated rings. The van der Waals surface area contributed by atoms with Gasteiger partial charge in [-0.1, -0.05) is 12.1 Å². The summed E-state index contributed by atoms with van der Waals surface area (Å²) in [6.45, 7) is 3.84. The van der Waals surface area contributed by atoms with Crippen molar-refractivity contribution < 1.29 is 0 Å². The van der Waals surface area contributed by atoms with E-state index in [0.29, 0.717) is 0 Å². The summed E-state index contributed by atoms with van der Waals surface area (Å²) in [5.41, 5.74) is 9.29. The molecule has 3 nitrogen and oxygen atoms in total. The van der Waals surface area contributed by atoms with Crippen molar-refractivity contribution in [3.05, 3.63) is 29.8 Å². The molecule has 0 spiro atoms. The monoisotopic (exact) mass is 217 g/mol. The molecule has 0 bridgehead atoms. The third-order valence-electron chi connectivity index (χ3n) is 2.86. The molecule has 0 radical (unpaired) electrons. The summed E-state index contributed by atoms with van der Waals surface area (Å²) in [7, 11) is 0. The summed E-state index contributed by atoms with van der Waals surface area (Å²) in [5.74, 6) is 0. The molecule has 1 heterocycles. The number of nitrogens with zero attached hydrogens (tertiary/aromatic N) is 2. The van der Waals surface area contributed by atoms with Crippen LogP contribution in [0.4, 0.5) is 5.69 Å². The van der Waals surface area contributed by atoms with Crippen molar-refractivity contribution in [2.45, 2.75) is 26.2 Å². The number of hydrazone groups is 1. The van der Waals surface area contributed by atoms with Gasteiger partial charge in [-0.05, 0) is 44.0 Å². The maximum Gasteiger partial charge on any atom is 0.0596 e. The quantitative estimate of drug-likeness (QED) is 0.839. The van der Waals surface area contributed by atoms with Gasteiger partial charge in [0.1, 0.15) is 0 Å². The van der Waals surface area contributed by atoms with E-state index in [4.69, 9.17) is 5.73 Å². The van der Waals surface area contributed by atoms with Crippen LogP contribution >= 0.6 is 0 Å². The largest absolute Gasteiger partial charge is 0.330 e. The number of hydrogen-bond donors (Lipinski definition) is 1. The zero-order valence-corrected chi connectivity index (χ0v) is 9.82. The molecule has 2 rings (SSSR count). The highest BCUT2D eigenvalue weighted by Crippen LogP contribution is 2.21. The second kappa shape index (κ2) is 5.12. The molecule has 1 aliphatic heterocycles. The van der Waals surface area contributed by atoms with Crippen molar-refractivity contribution in [1.29, 1.82) is 0 Å². The van der Waals surface area contributed by atoms with Crippen LogP contribution in [0.15, 0.2) is 29.4 Å². The molecule has 1 aromatic rings. The molecule has 2 N–H and O–H groups in total. The highest BCUT2D eigenvalue weighted by Gasteiger charge is 2.12. The van der Waals surface area contributed by atoms with Crippen molar-refractivity contribution in [1.82, 2.24) is 0 Å². The summed E-state index contributed by atoms with van der Waals surface area (Å²) in [4.78, 5) is 0. The van der Waals surface area contributed by atoms with E-state index in [1.54, 1.807) is 0 Å². The molecule has 1 aliphatic rings. The smallest absolute Gasteiger partial charge is 0.0596 e. The molecule has 0 amide bonds. The van der Waals surface area contributed by atoms with Crippen molar-refractivity contribution >= 4 is 11.4 Å². The topological polar surface area (TPSA) is 41.6 Å². The van der Waals surface area contributed by atoms with E-state index in [-0.39, 0.29) is 0 Å². The normalized spacial score (nSPS) is 15.4. The fourth-order valence-electron chi connectivity index (χ4n) is 1.94. The van der Waals surface area contributed by atoms with Gasteiger partial charge < -0.3 is 5.73 Å². The number of anilines is 1. The van der Waals surface area contributed by atoms with Crippen LogP contribution in [0.1, 0.15) is 25.3 Å². The van der Waals surface area contributed by atoms with E-state index in [1.165, 1.54) is 17.0 Å². The predicted molar refractivity (Wildman–Crippen MR) is 68.9 cm³/mol. The lowest BCUT2D eigenvalue weighted by Gasteiger charge is -2.14. The van der Waals surface area contributed by atoms with E-state index >= 15 is 0 Å². The molecular weight excluding hydrogens is 198 g/mol. The summed E-state index contributed by atoms with van der Waals surface area (Å²) in [5, 5.41) is 6.59. The third kappa shape index (κ3) is 2.61. The SMILES string of the molecule is CC1=NN(c2cccc(CCCN)c2)CC1. The number of nitrogens with two attached hydrogens (primary N) is 1. The van der Waals surface area contributed by atoms with Gasteiger partial charge in [-0.2, -0.15) is 5.10 Å². The summed E-state index contributed by atoms with van der Waals surface area (Å²) in [6, 6.07) is 8.60. The standard InChI is InChI=1S/C13H19N3/c1-11-7-9-16(15-11)13-6-2-4-12(10-13)5-3-8-14/h2,4,6,10H,3,5,7-9,14H2,1H3. The van der Waals surface area contributed by atoms with Crippen LogP contribution in [0.25, 0.3) is 0 Å². The average Bonchev–Trinajstić information content (AvgIpc) is 2.74. The number of benzene rings is 1. The lowest BCUT2D eigenvalue weighted by molar-refractivity contribution is 0.830. The number of rotatable bonds is 4. The van der Waals surface area contributed by atoms with Crippen molar-refractivity contribution in [3.63, 3.8) is 0 Å². The highest BCUT2D eigenvalue weighted by molar-refractivity contribution is 5.85. The first kappa shape index (κ1) is 11.1. The van der Waals surface area contributed by atoms with Gasteiger partial charge in [0, 0.05) is 18.7 Å². The second-order valence-electron chi connectivity index (χ2n) is 4.27. The molecule has 3 heteroatoms. The van der Waals surface area contributed by atoms with Gasteiger partial charge in [-0.25, -0.2) is 0 Å². The van der Waals surface area contributed by atoms with E-state index in [0.717, 1.165) is 32.4 Å². The minimum Gasteiger partial charge on any atom is -0.330 e. The summed E-state index contributed by atoms with van der Waals surface area (Å²) < 4.78 is 0. The average molecular weight is 217 g/mol. The molecule has 16 heavy (non-hydrogen) atoms. The van der Waals surface area contributed by atoms with Gasteiger partial charge in [-0.3, -0.25) is 5.01 Å². The van der Waals surface area contributed by atoms with Crippen LogP contribution in [0.3, 0.4) is 0 Å². The number of aryl methyl sites for hydroxylation is 1. The molecule has 0 aromatic heterocycles. The van der Waals surface area contributed by atoms with Crippen molar-refractivity contribution in [2.24, 2.45) is 10.8 Å². The fourth-order valence-corrected chi connectivity index (χ4v) is 1.94. The highest BCUT2D eigenvalue weighted by atomic mass is 15.5. The van der Waals surface area contributed by atoms with E-state index in [9.17, 15) is 0 Å². The Morgan fingerprint density at radius 3 is 3.00 bits per heavy atom.